The number of anilines is 2. The molecule has 1 aliphatic heterocycles. The van der Waals surface area contributed by atoms with Gasteiger partial charge < -0.3 is 15.7 Å². The van der Waals surface area contributed by atoms with Gasteiger partial charge in [0.15, 0.2) is 0 Å². The maximum Gasteiger partial charge on any atom is 0.333 e. The Bertz CT molecular complexity index is 1640. The molecule has 5 rings (SSSR count). The molecule has 2 aromatic carbocycles. The number of sulfonamides is 1. The number of amides is 2. The number of halogens is 2. The first-order valence-corrected chi connectivity index (χ1v) is 13.2. The maximum atomic E-state index is 12.8. The third-order valence-corrected chi connectivity index (χ3v) is 9.11. The highest BCUT2D eigenvalue weighted by Crippen LogP contribution is 2.34. The molecule has 0 saturated heterocycles. The number of urea groups is 1. The van der Waals surface area contributed by atoms with Gasteiger partial charge in [-0.25, -0.2) is 22.5 Å². The summed E-state index contributed by atoms with van der Waals surface area (Å²) in [6.07, 6.45) is 0.828. The molecule has 0 spiro atoms. The van der Waals surface area contributed by atoms with Crippen LogP contribution < -0.4 is 20.9 Å². The van der Waals surface area contributed by atoms with Crippen LogP contribution in [0.2, 0.25) is 9.36 Å². The molecule has 0 atom stereocenters. The summed E-state index contributed by atoms with van der Waals surface area (Å²) in [4.78, 5) is 25.0. The van der Waals surface area contributed by atoms with Crippen LogP contribution >= 0.6 is 34.5 Å². The summed E-state index contributed by atoms with van der Waals surface area (Å²) in [6.45, 7) is 0.800. The molecule has 4 N–H and O–H groups in total. The Morgan fingerprint density at radius 2 is 1.86 bits per heavy atom. The van der Waals surface area contributed by atoms with E-state index in [1.807, 2.05) is 16.9 Å². The molecule has 0 fully saturated rings. The van der Waals surface area contributed by atoms with E-state index in [0.29, 0.717) is 16.5 Å². The number of nitrogens with zero attached hydrogens (tertiary/aromatic N) is 1. The number of nitrogens with one attached hydrogen (secondary N) is 3. The number of thiophene rings is 1. The van der Waals surface area contributed by atoms with Gasteiger partial charge in [0.05, 0.1) is 10.7 Å². The number of benzene rings is 2. The molecule has 9 nitrogen and oxygen atoms in total. The molecule has 3 heterocycles. The first-order chi connectivity index (χ1) is 16.6. The van der Waals surface area contributed by atoms with Gasteiger partial charge in [-0.05, 0) is 59.8 Å². The highest BCUT2D eigenvalue weighted by molar-refractivity contribution is 7.92. The van der Waals surface area contributed by atoms with Crippen molar-refractivity contribution < 1.29 is 18.3 Å². The minimum atomic E-state index is -4.16. The highest BCUT2D eigenvalue weighted by Gasteiger charge is 2.22. The van der Waals surface area contributed by atoms with Gasteiger partial charge in [-0.2, -0.15) is 0 Å². The SMILES string of the molecule is O=C(Nc1ccc(-n2c(O)c3cc4c(cc3cc2=O)NCC4)cc1)NS(=O)(=O)c1cc(Cl)c(Cl)s1. The van der Waals surface area contributed by atoms with Crippen LogP contribution in [0.3, 0.4) is 0 Å². The number of rotatable bonds is 4. The molecule has 0 bridgehead atoms. The number of carbonyl (C=O) groups is 1. The first-order valence-electron chi connectivity index (χ1n) is 10.2. The summed E-state index contributed by atoms with van der Waals surface area (Å²) < 4.78 is 27.6. The Morgan fingerprint density at radius 1 is 1.11 bits per heavy atom. The fraction of sp³-hybridized carbons (Fsp3) is 0.0909. The van der Waals surface area contributed by atoms with E-state index in [1.54, 1.807) is 0 Å². The first kappa shape index (κ1) is 23.5. The van der Waals surface area contributed by atoms with E-state index in [2.05, 4.69) is 10.6 Å². The van der Waals surface area contributed by atoms with Crippen molar-refractivity contribution in [1.29, 1.82) is 0 Å². The molecule has 35 heavy (non-hydrogen) atoms. The second-order valence-corrected chi connectivity index (χ2v) is 11.7. The number of fused-ring (bicyclic) bond motifs is 2. The van der Waals surface area contributed by atoms with Crippen molar-refractivity contribution in [1.82, 2.24) is 9.29 Å². The lowest BCUT2D eigenvalue weighted by molar-refractivity contribution is 0.256. The highest BCUT2D eigenvalue weighted by atomic mass is 35.5. The quantitative estimate of drug-likeness (QED) is 0.295. The Morgan fingerprint density at radius 3 is 2.54 bits per heavy atom. The fourth-order valence-corrected chi connectivity index (χ4v) is 6.62. The van der Waals surface area contributed by atoms with Crippen LogP contribution in [-0.4, -0.2) is 30.7 Å². The van der Waals surface area contributed by atoms with Crippen molar-refractivity contribution in [3.8, 4) is 11.6 Å². The zero-order valence-corrected chi connectivity index (χ0v) is 20.8. The molecule has 2 aromatic heterocycles. The van der Waals surface area contributed by atoms with Gasteiger partial charge >= 0.3 is 6.03 Å². The molecule has 0 aliphatic carbocycles. The van der Waals surface area contributed by atoms with Crippen molar-refractivity contribution in [2.24, 2.45) is 0 Å². The van der Waals surface area contributed by atoms with Gasteiger partial charge in [0.2, 0.25) is 5.88 Å². The van der Waals surface area contributed by atoms with Crippen LogP contribution in [0.1, 0.15) is 5.56 Å². The largest absolute Gasteiger partial charge is 0.494 e. The molecule has 0 saturated carbocycles. The third kappa shape index (κ3) is 4.43. The summed E-state index contributed by atoms with van der Waals surface area (Å²) in [6, 6.07) is 11.3. The molecule has 1 aliphatic rings. The lowest BCUT2D eigenvalue weighted by Crippen LogP contribution is -2.33. The number of aromatic nitrogens is 1. The molecule has 0 radical (unpaired) electrons. The smallest absolute Gasteiger partial charge is 0.333 e. The second kappa shape index (κ2) is 8.76. The van der Waals surface area contributed by atoms with E-state index >= 15 is 0 Å². The predicted octanol–water partition coefficient (Wildman–Crippen LogP) is 4.54. The van der Waals surface area contributed by atoms with Gasteiger partial charge in [0.1, 0.15) is 8.55 Å². The Balaban J connectivity index is 1.37. The zero-order valence-electron chi connectivity index (χ0n) is 17.6. The van der Waals surface area contributed by atoms with Crippen LogP contribution in [-0.2, 0) is 16.4 Å². The molecule has 13 heteroatoms. The van der Waals surface area contributed by atoms with E-state index < -0.39 is 21.6 Å². The average Bonchev–Trinajstić information content (AvgIpc) is 3.39. The second-order valence-electron chi connectivity index (χ2n) is 7.71. The zero-order chi connectivity index (χ0) is 24.9. The number of hydrogen-bond donors (Lipinski definition) is 4. The van der Waals surface area contributed by atoms with Crippen molar-refractivity contribution in [2.75, 3.05) is 17.2 Å². The van der Waals surface area contributed by atoms with Gasteiger partial charge in [-0.15, -0.1) is 11.3 Å². The molecule has 0 unspecified atom stereocenters. The Labute approximate surface area is 213 Å². The minimum absolute atomic E-state index is 0.0706. The van der Waals surface area contributed by atoms with E-state index in [1.165, 1.54) is 30.3 Å². The van der Waals surface area contributed by atoms with Crippen LogP contribution in [0.25, 0.3) is 16.5 Å². The Hall–Kier alpha value is -3.25. The summed E-state index contributed by atoms with van der Waals surface area (Å²) >= 11 is 12.3. The van der Waals surface area contributed by atoms with Gasteiger partial charge in [-0.3, -0.25) is 4.79 Å². The molecule has 2 amide bonds. The van der Waals surface area contributed by atoms with E-state index in [4.69, 9.17) is 23.2 Å². The number of aromatic hydroxyl groups is 1. The normalized spacial score (nSPS) is 12.9. The van der Waals surface area contributed by atoms with Crippen molar-refractivity contribution in [3.63, 3.8) is 0 Å². The average molecular weight is 551 g/mol. The standard InChI is InChI=1S/C22H16Cl2N4O5S2/c23-16-10-19(34-20(16)24)35(32,33)27-22(31)26-13-1-3-14(4-2-13)28-18(29)9-12-8-17-11(5-6-25-17)7-15(12)21(28)30/h1-4,7-10,25,30H,5-6H2,(H2,26,27,31). The molecule has 4 aromatic rings. The van der Waals surface area contributed by atoms with Crippen LogP contribution in [0, 0.1) is 0 Å². The fourth-order valence-electron chi connectivity index (χ4n) is 3.83. The number of carbonyl (C=O) groups excluding carboxylic acids is 1. The number of pyridine rings is 1. The van der Waals surface area contributed by atoms with Crippen molar-refractivity contribution >= 4 is 72.7 Å². The lowest BCUT2D eigenvalue weighted by atomic mass is 10.1. The van der Waals surface area contributed by atoms with E-state index in [-0.39, 0.29) is 25.1 Å². The maximum absolute atomic E-state index is 12.8. The van der Waals surface area contributed by atoms with Gasteiger partial charge in [0, 0.05) is 29.4 Å². The summed E-state index contributed by atoms with van der Waals surface area (Å²) in [7, 11) is -4.16. The molecule has 180 valence electrons. The van der Waals surface area contributed by atoms with Gasteiger partial charge in [0.25, 0.3) is 15.6 Å². The summed E-state index contributed by atoms with van der Waals surface area (Å²) in [5.41, 5.74) is 2.22. The summed E-state index contributed by atoms with van der Waals surface area (Å²) in [5, 5.41) is 17.8. The van der Waals surface area contributed by atoms with Crippen LogP contribution in [0.4, 0.5) is 16.2 Å². The van der Waals surface area contributed by atoms with Crippen molar-refractivity contribution in [2.45, 2.75) is 10.6 Å². The Kier molecular flexibility index (Phi) is 5.88. The topological polar surface area (TPSA) is 130 Å². The van der Waals surface area contributed by atoms with Crippen molar-refractivity contribution in [3.05, 3.63) is 73.8 Å². The van der Waals surface area contributed by atoms with Crippen LogP contribution in [0.5, 0.6) is 5.88 Å². The minimum Gasteiger partial charge on any atom is -0.494 e. The monoisotopic (exact) mass is 550 g/mol. The lowest BCUT2D eigenvalue weighted by Gasteiger charge is -2.13. The molecular weight excluding hydrogens is 535 g/mol. The summed E-state index contributed by atoms with van der Waals surface area (Å²) in [5.74, 6) is -0.194. The van der Waals surface area contributed by atoms with E-state index in [9.17, 15) is 23.1 Å². The predicted molar refractivity (Wildman–Crippen MR) is 137 cm³/mol. The molecular formula is C22H16Cl2N4O5S2. The van der Waals surface area contributed by atoms with Gasteiger partial charge in [-0.1, -0.05) is 23.2 Å². The van der Waals surface area contributed by atoms with E-state index in [0.717, 1.165) is 46.2 Å². The van der Waals surface area contributed by atoms with Crippen LogP contribution in [0.15, 0.2) is 57.5 Å². The number of hydrogen-bond acceptors (Lipinski definition) is 7. The third-order valence-electron chi connectivity index (χ3n) is 5.44.